The summed E-state index contributed by atoms with van der Waals surface area (Å²) < 4.78 is 0. The molecular weight excluding hydrogens is 304 g/mol. The fraction of sp³-hybridized carbons (Fsp3) is 0.562. The van der Waals surface area contributed by atoms with Crippen LogP contribution in [0.1, 0.15) is 24.5 Å². The van der Waals surface area contributed by atoms with Gasteiger partial charge in [0.25, 0.3) is 0 Å². The number of benzene rings is 1. The number of hydrogen-bond donors (Lipinski definition) is 1. The zero-order chi connectivity index (χ0) is 14.5. The predicted molar refractivity (Wildman–Crippen MR) is 92.9 cm³/mol. The summed E-state index contributed by atoms with van der Waals surface area (Å²) in [6.45, 7) is 5.74. The summed E-state index contributed by atoms with van der Waals surface area (Å²) in [5.41, 5.74) is 8.27. The molecular formula is C16H25ClN2OS. The van der Waals surface area contributed by atoms with Crippen LogP contribution in [0, 0.1) is 12.8 Å². The molecule has 118 valence electrons. The Balaban J connectivity index is 0.00000220. The van der Waals surface area contributed by atoms with Crippen LogP contribution in [0.4, 0.5) is 0 Å². The molecule has 0 aromatic heterocycles. The van der Waals surface area contributed by atoms with Gasteiger partial charge in [-0.1, -0.05) is 29.8 Å². The van der Waals surface area contributed by atoms with E-state index in [1.165, 1.54) is 11.1 Å². The number of likely N-dealkylation sites (tertiary alicyclic amines) is 1. The molecule has 0 radical (unpaired) electrons. The molecule has 5 heteroatoms. The first kappa shape index (κ1) is 18.3. The van der Waals surface area contributed by atoms with Crippen LogP contribution >= 0.6 is 24.2 Å². The second-order valence-corrected chi connectivity index (χ2v) is 6.70. The SMILES string of the molecule is Cc1cccc(CSCC(=O)N2CC(CN)CC2C)c1.Cl. The maximum absolute atomic E-state index is 12.2. The normalized spacial score (nSPS) is 21.2. The highest BCUT2D eigenvalue weighted by molar-refractivity contribution is 7.99. The number of carbonyl (C=O) groups excluding carboxylic acids is 1. The highest BCUT2D eigenvalue weighted by Crippen LogP contribution is 2.23. The Morgan fingerprint density at radius 3 is 2.86 bits per heavy atom. The van der Waals surface area contributed by atoms with Gasteiger partial charge in [-0.3, -0.25) is 4.79 Å². The van der Waals surface area contributed by atoms with E-state index in [-0.39, 0.29) is 18.3 Å². The van der Waals surface area contributed by atoms with Gasteiger partial charge in [0.15, 0.2) is 0 Å². The van der Waals surface area contributed by atoms with Crippen LogP contribution in [0.2, 0.25) is 0 Å². The zero-order valence-electron chi connectivity index (χ0n) is 12.7. The Hall–Kier alpha value is -0.710. The van der Waals surface area contributed by atoms with Crippen LogP contribution in [0.15, 0.2) is 24.3 Å². The van der Waals surface area contributed by atoms with Crippen molar-refractivity contribution in [3.8, 4) is 0 Å². The number of carbonyl (C=O) groups is 1. The lowest BCUT2D eigenvalue weighted by atomic mass is 10.1. The van der Waals surface area contributed by atoms with Crippen molar-refractivity contribution in [2.45, 2.75) is 32.1 Å². The van der Waals surface area contributed by atoms with Gasteiger partial charge >= 0.3 is 0 Å². The molecule has 0 aliphatic carbocycles. The van der Waals surface area contributed by atoms with Crippen LogP contribution in [0.5, 0.6) is 0 Å². The van der Waals surface area contributed by atoms with Gasteiger partial charge in [-0.2, -0.15) is 0 Å². The Labute approximate surface area is 138 Å². The van der Waals surface area contributed by atoms with Crippen LogP contribution < -0.4 is 5.73 Å². The van der Waals surface area contributed by atoms with E-state index in [4.69, 9.17) is 5.73 Å². The minimum Gasteiger partial charge on any atom is -0.339 e. The van der Waals surface area contributed by atoms with Crippen molar-refractivity contribution in [2.24, 2.45) is 11.7 Å². The topological polar surface area (TPSA) is 46.3 Å². The molecule has 1 aromatic rings. The zero-order valence-corrected chi connectivity index (χ0v) is 14.4. The van der Waals surface area contributed by atoms with Gasteiger partial charge in [-0.05, 0) is 38.3 Å². The minimum atomic E-state index is 0. The van der Waals surface area contributed by atoms with Crippen LogP contribution in [-0.2, 0) is 10.5 Å². The smallest absolute Gasteiger partial charge is 0.232 e. The van der Waals surface area contributed by atoms with E-state index in [2.05, 4.69) is 38.1 Å². The quantitative estimate of drug-likeness (QED) is 0.904. The molecule has 2 N–H and O–H groups in total. The van der Waals surface area contributed by atoms with Crippen molar-refractivity contribution >= 4 is 30.1 Å². The summed E-state index contributed by atoms with van der Waals surface area (Å²) in [5.74, 6) is 2.20. The lowest BCUT2D eigenvalue weighted by Crippen LogP contribution is -2.35. The number of nitrogens with two attached hydrogens (primary N) is 1. The first-order valence-electron chi connectivity index (χ1n) is 7.23. The maximum Gasteiger partial charge on any atom is 0.232 e. The fourth-order valence-corrected chi connectivity index (χ4v) is 3.66. The molecule has 1 aliphatic rings. The molecule has 2 rings (SSSR count). The summed E-state index contributed by atoms with van der Waals surface area (Å²) in [7, 11) is 0. The number of aryl methyl sites for hydroxylation is 1. The third-order valence-electron chi connectivity index (χ3n) is 3.89. The molecule has 0 spiro atoms. The van der Waals surface area contributed by atoms with E-state index in [1.807, 2.05) is 4.90 Å². The summed E-state index contributed by atoms with van der Waals surface area (Å²) in [6, 6.07) is 8.81. The number of thioether (sulfide) groups is 1. The first-order valence-corrected chi connectivity index (χ1v) is 8.38. The van der Waals surface area contributed by atoms with Crippen LogP contribution in [0.25, 0.3) is 0 Å². The largest absolute Gasteiger partial charge is 0.339 e. The van der Waals surface area contributed by atoms with E-state index < -0.39 is 0 Å². The van der Waals surface area contributed by atoms with Gasteiger partial charge in [0, 0.05) is 18.3 Å². The van der Waals surface area contributed by atoms with Crippen molar-refractivity contribution in [3.05, 3.63) is 35.4 Å². The Morgan fingerprint density at radius 2 is 2.24 bits per heavy atom. The summed E-state index contributed by atoms with van der Waals surface area (Å²) in [5, 5.41) is 0. The molecule has 1 amide bonds. The van der Waals surface area contributed by atoms with E-state index in [1.54, 1.807) is 11.8 Å². The molecule has 0 bridgehead atoms. The molecule has 3 nitrogen and oxygen atoms in total. The van der Waals surface area contributed by atoms with Gasteiger partial charge in [-0.25, -0.2) is 0 Å². The second kappa shape index (κ2) is 8.66. The molecule has 1 fully saturated rings. The average Bonchev–Trinajstić information content (AvgIpc) is 2.80. The lowest BCUT2D eigenvalue weighted by Gasteiger charge is -2.21. The van der Waals surface area contributed by atoms with Crippen molar-refractivity contribution in [1.82, 2.24) is 4.90 Å². The Kier molecular flexibility index (Phi) is 7.57. The van der Waals surface area contributed by atoms with Gasteiger partial charge in [0.1, 0.15) is 0 Å². The summed E-state index contributed by atoms with van der Waals surface area (Å²) in [6.07, 6.45) is 1.05. The monoisotopic (exact) mass is 328 g/mol. The van der Waals surface area contributed by atoms with Crippen molar-refractivity contribution < 1.29 is 4.79 Å². The van der Waals surface area contributed by atoms with E-state index in [0.717, 1.165) is 18.7 Å². The fourth-order valence-electron chi connectivity index (χ4n) is 2.80. The van der Waals surface area contributed by atoms with Crippen molar-refractivity contribution in [1.29, 1.82) is 0 Å². The summed E-state index contributed by atoms with van der Waals surface area (Å²) >= 11 is 1.70. The lowest BCUT2D eigenvalue weighted by molar-refractivity contribution is -0.128. The molecule has 1 aromatic carbocycles. The number of amides is 1. The third kappa shape index (κ3) is 5.20. The standard InChI is InChI=1S/C16H24N2OS.ClH/c1-12-4-3-5-14(6-12)10-20-11-16(19)18-9-15(8-17)7-13(18)2;/h3-6,13,15H,7-11,17H2,1-2H3;1H. The summed E-state index contributed by atoms with van der Waals surface area (Å²) in [4.78, 5) is 14.2. The second-order valence-electron chi connectivity index (χ2n) is 5.71. The number of nitrogens with zero attached hydrogens (tertiary/aromatic N) is 1. The van der Waals surface area contributed by atoms with E-state index in [0.29, 0.717) is 24.3 Å². The third-order valence-corrected chi connectivity index (χ3v) is 4.88. The Bertz CT molecular complexity index is 469. The van der Waals surface area contributed by atoms with Crippen LogP contribution in [0.3, 0.4) is 0 Å². The maximum atomic E-state index is 12.2. The van der Waals surface area contributed by atoms with E-state index in [9.17, 15) is 4.79 Å². The van der Waals surface area contributed by atoms with Crippen molar-refractivity contribution in [3.63, 3.8) is 0 Å². The van der Waals surface area contributed by atoms with Gasteiger partial charge in [0.05, 0.1) is 5.75 Å². The van der Waals surface area contributed by atoms with Gasteiger partial charge in [-0.15, -0.1) is 24.2 Å². The highest BCUT2D eigenvalue weighted by Gasteiger charge is 2.31. The molecule has 2 unspecified atom stereocenters. The Morgan fingerprint density at radius 1 is 1.48 bits per heavy atom. The van der Waals surface area contributed by atoms with Gasteiger partial charge < -0.3 is 10.6 Å². The molecule has 2 atom stereocenters. The molecule has 1 heterocycles. The van der Waals surface area contributed by atoms with Crippen LogP contribution in [-0.4, -0.2) is 35.7 Å². The molecule has 1 saturated heterocycles. The molecule has 0 saturated carbocycles. The highest BCUT2D eigenvalue weighted by atomic mass is 35.5. The average molecular weight is 329 g/mol. The number of hydrogen-bond acceptors (Lipinski definition) is 3. The predicted octanol–water partition coefficient (Wildman–Crippen LogP) is 2.85. The van der Waals surface area contributed by atoms with Crippen molar-refractivity contribution in [2.75, 3.05) is 18.8 Å². The number of rotatable bonds is 5. The first-order chi connectivity index (χ1) is 9.60. The molecule has 1 aliphatic heterocycles. The van der Waals surface area contributed by atoms with E-state index >= 15 is 0 Å². The molecule has 21 heavy (non-hydrogen) atoms. The minimum absolute atomic E-state index is 0. The number of halogens is 1. The van der Waals surface area contributed by atoms with Gasteiger partial charge in [0.2, 0.25) is 5.91 Å².